The molecule has 0 fully saturated rings. The van der Waals surface area contributed by atoms with Gasteiger partial charge in [-0.15, -0.1) is 0 Å². The lowest BCUT2D eigenvalue weighted by Crippen LogP contribution is -2.07. The van der Waals surface area contributed by atoms with Gasteiger partial charge in [0.25, 0.3) is 0 Å². The Morgan fingerprint density at radius 1 is 1.29 bits per heavy atom. The van der Waals surface area contributed by atoms with Gasteiger partial charge in [0.1, 0.15) is 5.69 Å². The number of carboxylic acid groups (broad SMARTS) is 2. The number of ether oxygens (including phenoxy) is 1. The Hall–Kier alpha value is -2.31. The highest BCUT2D eigenvalue weighted by Gasteiger charge is 2.24. The third kappa shape index (κ3) is 2.44. The number of carbonyl (C=O) groups excluding carboxylic acids is 1. The van der Waals surface area contributed by atoms with Crippen LogP contribution in [0.5, 0.6) is 0 Å². The van der Waals surface area contributed by atoms with Gasteiger partial charge in [-0.3, -0.25) is 4.79 Å². The van der Waals surface area contributed by atoms with Crippen molar-refractivity contribution in [1.82, 2.24) is 4.98 Å². The van der Waals surface area contributed by atoms with E-state index >= 15 is 0 Å². The van der Waals surface area contributed by atoms with Crippen molar-refractivity contribution in [2.24, 2.45) is 0 Å². The molecule has 7 heteroatoms. The minimum absolute atomic E-state index is 0.0251. The summed E-state index contributed by atoms with van der Waals surface area (Å²) >= 11 is 0. The molecule has 3 N–H and O–H groups in total. The van der Waals surface area contributed by atoms with E-state index in [2.05, 4.69) is 9.72 Å². The van der Waals surface area contributed by atoms with Gasteiger partial charge in [0.15, 0.2) is 0 Å². The molecular formula is C10H11NO6. The van der Waals surface area contributed by atoms with Crippen LogP contribution < -0.4 is 0 Å². The molecule has 0 saturated heterocycles. The average molecular weight is 241 g/mol. The van der Waals surface area contributed by atoms with Crippen molar-refractivity contribution in [3.05, 3.63) is 22.5 Å². The number of carboxylic acids is 2. The van der Waals surface area contributed by atoms with Crippen molar-refractivity contribution >= 4 is 17.9 Å². The largest absolute Gasteiger partial charge is 0.481 e. The number of nitrogens with one attached hydrogen (secondary N) is 1. The van der Waals surface area contributed by atoms with Crippen molar-refractivity contribution in [3.8, 4) is 0 Å². The van der Waals surface area contributed by atoms with Crippen LogP contribution in [0.2, 0.25) is 0 Å². The summed E-state index contributed by atoms with van der Waals surface area (Å²) in [7, 11) is 1.15. The Balaban J connectivity index is 3.34. The Labute approximate surface area is 96.0 Å². The average Bonchev–Trinajstić information content (AvgIpc) is 2.53. The van der Waals surface area contributed by atoms with E-state index in [1.165, 1.54) is 6.92 Å². The fourth-order valence-electron chi connectivity index (χ4n) is 1.54. The van der Waals surface area contributed by atoms with Crippen LogP contribution in [-0.2, 0) is 16.0 Å². The highest BCUT2D eigenvalue weighted by Crippen LogP contribution is 2.19. The smallest absolute Gasteiger partial charge is 0.354 e. The Morgan fingerprint density at radius 3 is 2.29 bits per heavy atom. The van der Waals surface area contributed by atoms with Gasteiger partial charge < -0.3 is 19.9 Å². The van der Waals surface area contributed by atoms with Crippen LogP contribution in [0.4, 0.5) is 0 Å². The predicted molar refractivity (Wildman–Crippen MR) is 55.2 cm³/mol. The number of rotatable bonds is 4. The molecule has 0 aromatic carbocycles. The van der Waals surface area contributed by atoms with Crippen LogP contribution in [0.15, 0.2) is 0 Å². The summed E-state index contributed by atoms with van der Waals surface area (Å²) in [5.74, 6) is -3.21. The molecule has 1 aromatic heterocycles. The van der Waals surface area contributed by atoms with Gasteiger partial charge in [0, 0.05) is 5.69 Å². The third-order valence-electron chi connectivity index (χ3n) is 2.26. The topological polar surface area (TPSA) is 117 Å². The number of aromatic amines is 1. The predicted octanol–water partition coefficient (Wildman–Crippen LogP) is 0.435. The molecule has 0 bridgehead atoms. The van der Waals surface area contributed by atoms with Crippen LogP contribution in [0, 0.1) is 6.92 Å². The zero-order chi connectivity index (χ0) is 13.2. The third-order valence-corrected chi connectivity index (χ3v) is 2.26. The SMILES string of the molecule is COC(=O)c1[nH]c(CC(=O)O)c(C(=O)O)c1C. The molecule has 0 amide bonds. The van der Waals surface area contributed by atoms with Crippen LogP contribution in [0.3, 0.4) is 0 Å². The number of carbonyl (C=O) groups is 3. The first-order chi connectivity index (χ1) is 7.88. The second kappa shape index (κ2) is 4.69. The zero-order valence-electron chi connectivity index (χ0n) is 9.23. The fraction of sp³-hybridized carbons (Fsp3) is 0.300. The summed E-state index contributed by atoms with van der Waals surface area (Å²) in [6, 6.07) is 0. The molecule has 17 heavy (non-hydrogen) atoms. The van der Waals surface area contributed by atoms with Crippen molar-refractivity contribution < 1.29 is 29.3 Å². The highest BCUT2D eigenvalue weighted by molar-refractivity contribution is 5.98. The summed E-state index contributed by atoms with van der Waals surface area (Å²) in [5, 5.41) is 17.6. The molecular weight excluding hydrogens is 230 g/mol. The molecule has 0 aliphatic heterocycles. The molecule has 1 rings (SSSR count). The summed E-state index contributed by atoms with van der Waals surface area (Å²) in [4.78, 5) is 35.3. The standard InChI is InChI=1S/C10H11NO6/c1-4-7(9(14)15)5(3-6(12)13)11-8(4)10(16)17-2/h11H,3H2,1-2H3,(H,12,13)(H,14,15). The number of aliphatic carboxylic acids is 1. The van der Waals surface area contributed by atoms with E-state index in [0.717, 1.165) is 7.11 Å². The lowest BCUT2D eigenvalue weighted by atomic mass is 10.1. The van der Waals surface area contributed by atoms with E-state index in [0.29, 0.717) is 0 Å². The van der Waals surface area contributed by atoms with Gasteiger partial charge in [-0.1, -0.05) is 0 Å². The number of hydrogen-bond donors (Lipinski definition) is 3. The molecule has 0 radical (unpaired) electrons. The molecule has 1 heterocycles. The first-order valence-corrected chi connectivity index (χ1v) is 4.63. The monoisotopic (exact) mass is 241 g/mol. The minimum Gasteiger partial charge on any atom is -0.481 e. The highest BCUT2D eigenvalue weighted by atomic mass is 16.5. The van der Waals surface area contributed by atoms with E-state index in [9.17, 15) is 14.4 Å². The van der Waals surface area contributed by atoms with Crippen LogP contribution in [0.25, 0.3) is 0 Å². The first kappa shape index (κ1) is 12.8. The van der Waals surface area contributed by atoms with E-state index in [-0.39, 0.29) is 22.5 Å². The van der Waals surface area contributed by atoms with E-state index in [4.69, 9.17) is 10.2 Å². The Kier molecular flexibility index (Phi) is 3.52. The molecule has 0 aliphatic carbocycles. The maximum Gasteiger partial charge on any atom is 0.354 e. The number of aromatic nitrogens is 1. The lowest BCUT2D eigenvalue weighted by molar-refractivity contribution is -0.136. The number of hydrogen-bond acceptors (Lipinski definition) is 4. The summed E-state index contributed by atoms with van der Waals surface area (Å²) < 4.78 is 4.46. The van der Waals surface area contributed by atoms with E-state index in [1.54, 1.807) is 0 Å². The Morgan fingerprint density at radius 2 is 1.88 bits per heavy atom. The number of H-pyrrole nitrogens is 1. The number of methoxy groups -OCH3 is 1. The van der Waals surface area contributed by atoms with Gasteiger partial charge in [0.05, 0.1) is 19.1 Å². The van der Waals surface area contributed by atoms with Crippen LogP contribution in [-0.4, -0.2) is 40.2 Å². The molecule has 0 saturated carbocycles. The number of aromatic carboxylic acids is 1. The van der Waals surface area contributed by atoms with Gasteiger partial charge in [-0.25, -0.2) is 9.59 Å². The van der Waals surface area contributed by atoms with Crippen molar-refractivity contribution in [2.75, 3.05) is 7.11 Å². The summed E-state index contributed by atoms with van der Waals surface area (Å²) in [6.07, 6.45) is -0.501. The molecule has 1 aromatic rings. The normalized spacial score (nSPS) is 10.0. The van der Waals surface area contributed by atoms with Crippen LogP contribution in [0.1, 0.15) is 32.1 Å². The summed E-state index contributed by atoms with van der Waals surface area (Å²) in [5.41, 5.74) is -0.0996. The van der Waals surface area contributed by atoms with Crippen molar-refractivity contribution in [3.63, 3.8) is 0 Å². The lowest BCUT2D eigenvalue weighted by Gasteiger charge is -1.97. The molecule has 92 valence electrons. The maximum atomic E-state index is 11.3. The fourth-order valence-corrected chi connectivity index (χ4v) is 1.54. The van der Waals surface area contributed by atoms with Crippen molar-refractivity contribution in [1.29, 1.82) is 0 Å². The second-order valence-corrected chi connectivity index (χ2v) is 3.35. The quantitative estimate of drug-likeness (QED) is 0.658. The van der Waals surface area contributed by atoms with Gasteiger partial charge >= 0.3 is 17.9 Å². The molecule has 0 atom stereocenters. The molecule has 0 unspecified atom stereocenters. The molecule has 0 aliphatic rings. The van der Waals surface area contributed by atoms with Gasteiger partial charge in [0.2, 0.25) is 0 Å². The van der Waals surface area contributed by atoms with Gasteiger partial charge in [-0.2, -0.15) is 0 Å². The van der Waals surface area contributed by atoms with Crippen molar-refractivity contribution in [2.45, 2.75) is 13.3 Å². The van der Waals surface area contributed by atoms with Gasteiger partial charge in [-0.05, 0) is 12.5 Å². The minimum atomic E-state index is -1.29. The number of esters is 1. The van der Waals surface area contributed by atoms with Crippen LogP contribution >= 0.6 is 0 Å². The second-order valence-electron chi connectivity index (χ2n) is 3.35. The Bertz CT molecular complexity index is 487. The summed E-state index contributed by atoms with van der Waals surface area (Å²) in [6.45, 7) is 1.41. The molecule has 7 nitrogen and oxygen atoms in total. The molecule has 0 spiro atoms. The first-order valence-electron chi connectivity index (χ1n) is 4.63. The maximum absolute atomic E-state index is 11.3. The van der Waals surface area contributed by atoms with E-state index in [1.807, 2.05) is 0 Å². The zero-order valence-corrected chi connectivity index (χ0v) is 9.23. The van der Waals surface area contributed by atoms with E-state index < -0.39 is 24.3 Å².